The van der Waals surface area contributed by atoms with Crippen LogP contribution in [0.2, 0.25) is 0 Å². The Hall–Kier alpha value is -1.99. The first-order valence-electron chi connectivity index (χ1n) is 10.0. The largest absolute Gasteiger partial charge is 0.383 e. The van der Waals surface area contributed by atoms with Crippen molar-refractivity contribution in [2.45, 2.75) is 32.2 Å². The molecule has 28 heavy (non-hydrogen) atoms. The van der Waals surface area contributed by atoms with Crippen molar-refractivity contribution in [3.8, 4) is 0 Å². The summed E-state index contributed by atoms with van der Waals surface area (Å²) in [4.78, 5) is 28.6. The number of nitrogens with zero attached hydrogens (tertiary/aromatic N) is 2. The lowest BCUT2D eigenvalue weighted by molar-refractivity contribution is -0.141. The first-order valence-corrected chi connectivity index (χ1v) is 10.0. The standard InChI is InChI=1S/C21H30FN3O3/c1-28-12-11-25-16-21(9-7-20(25)27)8-4-10-24(15-21)14-19(26)23-13-17-5-2-3-6-18(17)22/h2-3,5-6H,4,7-16H2,1H3,(H,23,26)/t21-/m0/s1. The fourth-order valence-corrected chi connectivity index (χ4v) is 4.38. The van der Waals surface area contributed by atoms with E-state index >= 15 is 0 Å². The Morgan fingerprint density at radius 2 is 2.11 bits per heavy atom. The van der Waals surface area contributed by atoms with Crippen LogP contribution < -0.4 is 5.32 Å². The van der Waals surface area contributed by atoms with Gasteiger partial charge < -0.3 is 15.0 Å². The number of likely N-dealkylation sites (tertiary alicyclic amines) is 2. The topological polar surface area (TPSA) is 61.9 Å². The van der Waals surface area contributed by atoms with E-state index in [2.05, 4.69) is 10.2 Å². The molecular weight excluding hydrogens is 361 g/mol. The third kappa shape index (κ3) is 5.29. The molecule has 0 radical (unpaired) electrons. The number of hydrogen-bond acceptors (Lipinski definition) is 4. The van der Waals surface area contributed by atoms with E-state index in [-0.39, 0.29) is 29.6 Å². The summed E-state index contributed by atoms with van der Waals surface area (Å²) in [7, 11) is 1.65. The van der Waals surface area contributed by atoms with Crippen LogP contribution in [0, 0.1) is 11.2 Å². The van der Waals surface area contributed by atoms with Gasteiger partial charge in [-0.3, -0.25) is 14.5 Å². The number of amides is 2. The Bertz CT molecular complexity index is 699. The molecule has 6 nitrogen and oxygen atoms in total. The second kappa shape index (κ2) is 9.47. The molecule has 0 unspecified atom stereocenters. The Morgan fingerprint density at radius 1 is 1.29 bits per heavy atom. The number of ether oxygens (including phenoxy) is 1. The second-order valence-electron chi connectivity index (χ2n) is 7.99. The number of rotatable bonds is 7. The summed E-state index contributed by atoms with van der Waals surface area (Å²) in [5, 5.41) is 2.82. The van der Waals surface area contributed by atoms with Gasteiger partial charge in [0.25, 0.3) is 0 Å². The van der Waals surface area contributed by atoms with Crippen LogP contribution in [0.3, 0.4) is 0 Å². The second-order valence-corrected chi connectivity index (χ2v) is 7.99. The van der Waals surface area contributed by atoms with E-state index in [4.69, 9.17) is 4.74 Å². The molecule has 154 valence electrons. The van der Waals surface area contributed by atoms with E-state index in [0.717, 1.165) is 38.9 Å². The van der Waals surface area contributed by atoms with E-state index in [1.54, 1.807) is 25.3 Å². The third-order valence-electron chi connectivity index (χ3n) is 5.86. The molecule has 2 amide bonds. The molecule has 0 bridgehead atoms. The average Bonchev–Trinajstić information content (AvgIpc) is 2.68. The highest BCUT2D eigenvalue weighted by molar-refractivity contribution is 5.78. The first kappa shape index (κ1) is 20.7. The molecule has 1 atom stereocenters. The fraction of sp³-hybridized carbons (Fsp3) is 0.619. The molecule has 0 aromatic heterocycles. The maximum absolute atomic E-state index is 13.7. The fourth-order valence-electron chi connectivity index (χ4n) is 4.38. The zero-order valence-corrected chi connectivity index (χ0v) is 16.6. The predicted octanol–water partition coefficient (Wildman–Crippen LogP) is 1.79. The molecule has 7 heteroatoms. The molecule has 1 aromatic carbocycles. The van der Waals surface area contributed by atoms with Crippen LogP contribution in [-0.4, -0.2) is 68.1 Å². The van der Waals surface area contributed by atoms with Gasteiger partial charge in [-0.05, 0) is 31.9 Å². The highest BCUT2D eigenvalue weighted by atomic mass is 19.1. The molecule has 0 saturated carbocycles. The van der Waals surface area contributed by atoms with Crippen LogP contribution in [0.15, 0.2) is 24.3 Å². The Balaban J connectivity index is 1.52. The molecular formula is C21H30FN3O3. The zero-order valence-electron chi connectivity index (χ0n) is 16.6. The third-order valence-corrected chi connectivity index (χ3v) is 5.86. The molecule has 0 aliphatic carbocycles. The van der Waals surface area contributed by atoms with Gasteiger partial charge >= 0.3 is 0 Å². The van der Waals surface area contributed by atoms with Crippen molar-refractivity contribution >= 4 is 11.8 Å². The summed E-state index contributed by atoms with van der Waals surface area (Å²) in [5.41, 5.74) is 0.552. The Morgan fingerprint density at radius 3 is 2.89 bits per heavy atom. The lowest BCUT2D eigenvalue weighted by atomic mass is 9.73. The molecule has 2 fully saturated rings. The summed E-state index contributed by atoms with van der Waals surface area (Å²) in [6, 6.07) is 6.48. The lowest BCUT2D eigenvalue weighted by Gasteiger charge is -2.48. The number of hydrogen-bond donors (Lipinski definition) is 1. The summed E-state index contributed by atoms with van der Waals surface area (Å²) in [6.07, 6.45) is 3.55. The van der Waals surface area contributed by atoms with Gasteiger partial charge in [-0.15, -0.1) is 0 Å². The summed E-state index contributed by atoms with van der Waals surface area (Å²) in [5.74, 6) is -0.200. The van der Waals surface area contributed by atoms with Gasteiger partial charge in [-0.25, -0.2) is 4.39 Å². The highest BCUT2D eigenvalue weighted by Gasteiger charge is 2.41. The summed E-state index contributed by atoms with van der Waals surface area (Å²) < 4.78 is 18.8. The van der Waals surface area contributed by atoms with Crippen molar-refractivity contribution in [3.05, 3.63) is 35.6 Å². The van der Waals surface area contributed by atoms with Crippen molar-refractivity contribution in [3.63, 3.8) is 0 Å². The van der Waals surface area contributed by atoms with E-state index in [0.29, 0.717) is 31.7 Å². The number of carbonyl (C=O) groups is 2. The van der Waals surface area contributed by atoms with Crippen molar-refractivity contribution in [2.24, 2.45) is 5.41 Å². The van der Waals surface area contributed by atoms with Crippen molar-refractivity contribution in [1.82, 2.24) is 15.1 Å². The Labute approximate surface area is 166 Å². The van der Waals surface area contributed by atoms with Crippen molar-refractivity contribution < 1.29 is 18.7 Å². The van der Waals surface area contributed by atoms with Gasteiger partial charge in [0.2, 0.25) is 11.8 Å². The van der Waals surface area contributed by atoms with E-state index in [1.165, 1.54) is 6.07 Å². The molecule has 2 aliphatic rings. The normalized spacial score (nSPS) is 23.2. The van der Waals surface area contributed by atoms with Gasteiger partial charge in [0, 0.05) is 50.7 Å². The number of piperidine rings is 2. The van der Waals surface area contributed by atoms with Crippen LogP contribution in [0.25, 0.3) is 0 Å². The molecule has 1 aromatic rings. The molecule has 1 N–H and O–H groups in total. The number of nitrogens with one attached hydrogen (secondary N) is 1. The minimum atomic E-state index is -0.303. The average molecular weight is 391 g/mol. The van der Waals surface area contributed by atoms with E-state index in [9.17, 15) is 14.0 Å². The Kier molecular flexibility index (Phi) is 7.02. The smallest absolute Gasteiger partial charge is 0.234 e. The molecule has 2 heterocycles. The number of methoxy groups -OCH3 is 1. The van der Waals surface area contributed by atoms with Crippen LogP contribution in [0.1, 0.15) is 31.2 Å². The van der Waals surface area contributed by atoms with E-state index < -0.39 is 0 Å². The van der Waals surface area contributed by atoms with Crippen molar-refractivity contribution in [2.75, 3.05) is 46.4 Å². The van der Waals surface area contributed by atoms with E-state index in [1.807, 2.05) is 4.90 Å². The number of benzene rings is 1. The molecule has 2 saturated heterocycles. The van der Waals surface area contributed by atoms with Gasteiger partial charge in [0.1, 0.15) is 5.82 Å². The molecule has 2 aliphatic heterocycles. The molecule has 3 rings (SSSR count). The SMILES string of the molecule is COCCN1C[C@@]2(CCCN(CC(=O)NCc3ccccc3F)C2)CCC1=O. The highest BCUT2D eigenvalue weighted by Crippen LogP contribution is 2.38. The van der Waals surface area contributed by atoms with Crippen LogP contribution >= 0.6 is 0 Å². The monoisotopic (exact) mass is 391 g/mol. The number of carbonyl (C=O) groups excluding carboxylic acids is 2. The van der Waals surface area contributed by atoms with Crippen molar-refractivity contribution in [1.29, 1.82) is 0 Å². The van der Waals surface area contributed by atoms with Crippen LogP contribution in [0.4, 0.5) is 4.39 Å². The van der Waals surface area contributed by atoms with Gasteiger partial charge in [-0.1, -0.05) is 18.2 Å². The zero-order chi connectivity index (χ0) is 20.0. The maximum Gasteiger partial charge on any atom is 0.234 e. The lowest BCUT2D eigenvalue weighted by Crippen LogP contribution is -2.55. The summed E-state index contributed by atoms with van der Waals surface area (Å²) in [6.45, 7) is 4.11. The first-order chi connectivity index (χ1) is 13.5. The maximum atomic E-state index is 13.7. The number of halogens is 1. The van der Waals surface area contributed by atoms with Gasteiger partial charge in [0.15, 0.2) is 0 Å². The summed E-state index contributed by atoms with van der Waals surface area (Å²) >= 11 is 0. The minimum Gasteiger partial charge on any atom is -0.383 e. The van der Waals surface area contributed by atoms with Crippen LogP contribution in [-0.2, 0) is 20.9 Å². The molecule has 1 spiro atoms. The minimum absolute atomic E-state index is 0.0612. The van der Waals surface area contributed by atoms with Gasteiger partial charge in [-0.2, -0.15) is 0 Å². The van der Waals surface area contributed by atoms with Crippen LogP contribution in [0.5, 0.6) is 0 Å². The van der Waals surface area contributed by atoms with Gasteiger partial charge in [0.05, 0.1) is 13.2 Å². The quantitative estimate of drug-likeness (QED) is 0.770. The predicted molar refractivity (Wildman–Crippen MR) is 104 cm³/mol.